The number of hydrogen-bond acceptors (Lipinski definition) is 3. The number of nitrogens with zero attached hydrogens (tertiary/aromatic N) is 4. The predicted octanol–water partition coefficient (Wildman–Crippen LogP) is 1.58. The van der Waals surface area contributed by atoms with Crippen LogP contribution in [-0.4, -0.2) is 76.9 Å². The average Bonchev–Trinajstić information content (AvgIpc) is 3.37. The van der Waals surface area contributed by atoms with Crippen LogP contribution < -0.4 is 0 Å². The van der Waals surface area contributed by atoms with Crippen molar-refractivity contribution in [3.8, 4) is 0 Å². The van der Waals surface area contributed by atoms with E-state index in [0.717, 1.165) is 45.4 Å². The minimum absolute atomic E-state index is 0.0555. The smallest absolute Gasteiger partial charge is 0.270 e. The van der Waals surface area contributed by atoms with Crippen LogP contribution in [-0.2, 0) is 11.8 Å². The summed E-state index contributed by atoms with van der Waals surface area (Å²) >= 11 is 0. The zero-order valence-corrected chi connectivity index (χ0v) is 15.8. The van der Waals surface area contributed by atoms with Crippen molar-refractivity contribution in [1.82, 2.24) is 19.3 Å². The molecule has 142 valence electrons. The summed E-state index contributed by atoms with van der Waals surface area (Å²) in [5.41, 5.74) is 0.364. The molecule has 0 saturated carbocycles. The molecule has 4 rings (SSSR count). The topological polar surface area (TPSA) is 48.8 Å². The highest BCUT2D eigenvalue weighted by atomic mass is 16.2. The number of rotatable bonds is 4. The highest BCUT2D eigenvalue weighted by molar-refractivity contribution is 5.94. The lowest BCUT2D eigenvalue weighted by molar-refractivity contribution is -0.138. The van der Waals surface area contributed by atoms with Crippen LogP contribution in [0.3, 0.4) is 0 Å². The Morgan fingerprint density at radius 1 is 1.08 bits per heavy atom. The number of carbonyl (C=O) groups excluding carboxylic acids is 2. The van der Waals surface area contributed by atoms with Crippen LogP contribution in [0.2, 0.25) is 0 Å². The summed E-state index contributed by atoms with van der Waals surface area (Å²) in [5.74, 6) is 0.334. The number of hydrogen-bond donors (Lipinski definition) is 0. The molecule has 1 atom stereocenters. The lowest BCUT2D eigenvalue weighted by atomic mass is 9.78. The number of aromatic nitrogens is 1. The van der Waals surface area contributed by atoms with Gasteiger partial charge < -0.3 is 19.3 Å². The maximum absolute atomic E-state index is 13.2. The summed E-state index contributed by atoms with van der Waals surface area (Å²) in [5, 5.41) is 0. The second-order valence-electron chi connectivity index (χ2n) is 8.21. The Morgan fingerprint density at radius 3 is 2.62 bits per heavy atom. The van der Waals surface area contributed by atoms with Crippen LogP contribution in [0.15, 0.2) is 18.3 Å². The largest absolute Gasteiger partial charge is 0.347 e. The second-order valence-corrected chi connectivity index (χ2v) is 8.21. The van der Waals surface area contributed by atoms with Crippen molar-refractivity contribution in [2.45, 2.75) is 32.1 Å². The van der Waals surface area contributed by atoms with Crippen molar-refractivity contribution in [3.63, 3.8) is 0 Å². The average molecular weight is 358 g/mol. The molecule has 3 saturated heterocycles. The van der Waals surface area contributed by atoms with Crippen LogP contribution >= 0.6 is 0 Å². The molecule has 3 fully saturated rings. The van der Waals surface area contributed by atoms with Gasteiger partial charge in [0, 0.05) is 46.0 Å². The molecule has 6 heteroatoms. The summed E-state index contributed by atoms with van der Waals surface area (Å²) in [6.45, 7) is 6.36. The third kappa shape index (κ3) is 3.15. The van der Waals surface area contributed by atoms with Crippen LogP contribution in [0, 0.1) is 5.41 Å². The van der Waals surface area contributed by atoms with E-state index in [1.807, 2.05) is 34.8 Å². The van der Waals surface area contributed by atoms with Gasteiger partial charge in [0.2, 0.25) is 5.91 Å². The normalized spacial score (nSPS) is 27.0. The van der Waals surface area contributed by atoms with Crippen LogP contribution in [0.4, 0.5) is 0 Å². The minimum atomic E-state index is -0.343. The zero-order valence-electron chi connectivity index (χ0n) is 15.8. The van der Waals surface area contributed by atoms with Crippen molar-refractivity contribution in [2.24, 2.45) is 12.5 Å². The van der Waals surface area contributed by atoms with Gasteiger partial charge in [-0.2, -0.15) is 0 Å². The molecule has 0 aliphatic carbocycles. The van der Waals surface area contributed by atoms with Crippen molar-refractivity contribution in [2.75, 3.05) is 45.8 Å². The Hall–Kier alpha value is -1.82. The molecule has 0 aromatic carbocycles. The number of amides is 2. The van der Waals surface area contributed by atoms with E-state index in [4.69, 9.17) is 0 Å². The second kappa shape index (κ2) is 7.06. The summed E-state index contributed by atoms with van der Waals surface area (Å²) in [6, 6.07) is 3.76. The van der Waals surface area contributed by atoms with E-state index in [1.54, 1.807) is 0 Å². The molecular weight excluding hydrogens is 328 g/mol. The van der Waals surface area contributed by atoms with E-state index in [-0.39, 0.29) is 17.2 Å². The van der Waals surface area contributed by atoms with Gasteiger partial charge in [-0.1, -0.05) is 0 Å². The van der Waals surface area contributed by atoms with E-state index in [2.05, 4.69) is 9.80 Å². The van der Waals surface area contributed by atoms with E-state index >= 15 is 0 Å². The van der Waals surface area contributed by atoms with Crippen LogP contribution in [0.25, 0.3) is 0 Å². The van der Waals surface area contributed by atoms with Crippen LogP contribution in [0.5, 0.6) is 0 Å². The van der Waals surface area contributed by atoms with Crippen molar-refractivity contribution >= 4 is 11.8 Å². The minimum Gasteiger partial charge on any atom is -0.347 e. The Morgan fingerprint density at radius 2 is 1.88 bits per heavy atom. The van der Waals surface area contributed by atoms with E-state index in [9.17, 15) is 9.59 Å². The van der Waals surface area contributed by atoms with E-state index < -0.39 is 0 Å². The third-order valence-electron chi connectivity index (χ3n) is 6.51. The third-order valence-corrected chi connectivity index (χ3v) is 6.51. The number of likely N-dealkylation sites (tertiary alicyclic amines) is 3. The molecule has 26 heavy (non-hydrogen) atoms. The Kier molecular flexibility index (Phi) is 4.78. The van der Waals surface area contributed by atoms with Gasteiger partial charge in [0.05, 0.1) is 5.41 Å². The molecular formula is C20H30N4O2. The molecule has 0 bridgehead atoms. The van der Waals surface area contributed by atoms with Gasteiger partial charge in [0.15, 0.2) is 0 Å². The highest BCUT2D eigenvalue weighted by Gasteiger charge is 2.49. The molecule has 1 spiro atoms. The highest BCUT2D eigenvalue weighted by Crippen LogP contribution is 2.40. The quantitative estimate of drug-likeness (QED) is 0.821. The monoisotopic (exact) mass is 358 g/mol. The molecule has 3 aliphatic heterocycles. The zero-order chi connectivity index (χ0) is 18.1. The fourth-order valence-corrected chi connectivity index (χ4v) is 4.90. The summed E-state index contributed by atoms with van der Waals surface area (Å²) in [6.07, 6.45) is 7.20. The number of piperidine rings is 1. The SMILES string of the molecule is Cn1cccc1C(=O)N1CCCC2(CCN(CCN3CCCC3)C2=O)C1. The molecule has 3 aliphatic rings. The fraction of sp³-hybridized carbons (Fsp3) is 0.700. The van der Waals surface area contributed by atoms with Gasteiger partial charge in [0.1, 0.15) is 5.69 Å². The molecule has 1 aromatic heterocycles. The molecule has 2 amide bonds. The van der Waals surface area contributed by atoms with Crippen molar-refractivity contribution in [3.05, 3.63) is 24.0 Å². The van der Waals surface area contributed by atoms with Gasteiger partial charge >= 0.3 is 0 Å². The molecule has 0 radical (unpaired) electrons. The predicted molar refractivity (Wildman–Crippen MR) is 99.9 cm³/mol. The van der Waals surface area contributed by atoms with Crippen LogP contribution in [0.1, 0.15) is 42.6 Å². The lowest BCUT2D eigenvalue weighted by Crippen LogP contribution is -2.50. The maximum atomic E-state index is 13.2. The first kappa shape index (κ1) is 17.6. The number of carbonyl (C=O) groups is 2. The maximum Gasteiger partial charge on any atom is 0.270 e. The summed E-state index contributed by atoms with van der Waals surface area (Å²) < 4.78 is 1.86. The van der Waals surface area contributed by atoms with Gasteiger partial charge in [-0.3, -0.25) is 9.59 Å². The van der Waals surface area contributed by atoms with Gasteiger partial charge in [-0.05, 0) is 57.3 Å². The van der Waals surface area contributed by atoms with Gasteiger partial charge in [-0.25, -0.2) is 0 Å². The summed E-state index contributed by atoms with van der Waals surface area (Å²) in [4.78, 5) is 32.5. The Balaban J connectivity index is 1.40. The molecule has 0 N–H and O–H groups in total. The van der Waals surface area contributed by atoms with Crippen molar-refractivity contribution in [1.29, 1.82) is 0 Å². The lowest BCUT2D eigenvalue weighted by Gasteiger charge is -2.39. The molecule has 1 unspecified atom stereocenters. The first-order chi connectivity index (χ1) is 12.6. The summed E-state index contributed by atoms with van der Waals surface area (Å²) in [7, 11) is 1.90. The molecule has 6 nitrogen and oxygen atoms in total. The first-order valence-corrected chi connectivity index (χ1v) is 10.0. The Labute approximate surface area is 155 Å². The van der Waals surface area contributed by atoms with Crippen molar-refractivity contribution < 1.29 is 9.59 Å². The molecule has 1 aromatic rings. The van der Waals surface area contributed by atoms with Gasteiger partial charge in [0.25, 0.3) is 5.91 Å². The van der Waals surface area contributed by atoms with E-state index in [1.165, 1.54) is 25.9 Å². The standard InChI is InChI=1S/C20H30N4O2/c1-21-9-4-6-17(21)18(25)24-12-5-7-20(16-24)8-13-23(19(20)26)15-14-22-10-2-3-11-22/h4,6,9H,2-3,5,7-8,10-16H2,1H3. The molecule has 4 heterocycles. The van der Waals surface area contributed by atoms with E-state index in [0.29, 0.717) is 12.2 Å². The Bertz CT molecular complexity index is 679. The first-order valence-electron chi connectivity index (χ1n) is 10.0. The van der Waals surface area contributed by atoms with Gasteiger partial charge in [-0.15, -0.1) is 0 Å². The number of aryl methyl sites for hydroxylation is 1. The fourth-order valence-electron chi connectivity index (χ4n) is 4.90.